The third kappa shape index (κ3) is 2.67. The van der Waals surface area contributed by atoms with Gasteiger partial charge in [0.15, 0.2) is 5.76 Å². The van der Waals surface area contributed by atoms with Crippen molar-refractivity contribution < 1.29 is 9.15 Å². The van der Waals surface area contributed by atoms with E-state index >= 15 is 0 Å². The Hall–Kier alpha value is -2.27. The Balaban J connectivity index is 1.78. The van der Waals surface area contributed by atoms with E-state index in [0.29, 0.717) is 23.2 Å². The molecule has 0 aliphatic heterocycles. The van der Waals surface area contributed by atoms with Crippen LogP contribution in [-0.2, 0) is 6.54 Å². The summed E-state index contributed by atoms with van der Waals surface area (Å²) in [5.74, 6) is 2.09. The van der Waals surface area contributed by atoms with Crippen molar-refractivity contribution >= 4 is 11.6 Å². The molecule has 0 spiro atoms. The minimum Gasteiger partial charge on any atom is -0.497 e. The lowest BCUT2D eigenvalue weighted by Crippen LogP contribution is -1.99. The second kappa shape index (κ2) is 5.38. The van der Waals surface area contributed by atoms with Gasteiger partial charge in [0.05, 0.1) is 24.5 Å². The molecule has 0 radical (unpaired) electrons. The van der Waals surface area contributed by atoms with Gasteiger partial charge in [-0.05, 0) is 24.3 Å². The van der Waals surface area contributed by atoms with E-state index in [1.165, 1.54) is 0 Å². The summed E-state index contributed by atoms with van der Waals surface area (Å²) in [6.07, 6.45) is 5.00. The van der Waals surface area contributed by atoms with E-state index in [-0.39, 0.29) is 0 Å². The van der Waals surface area contributed by atoms with Gasteiger partial charge in [-0.15, -0.1) is 0 Å². The highest BCUT2D eigenvalue weighted by molar-refractivity contribution is 6.30. The van der Waals surface area contributed by atoms with Gasteiger partial charge in [0.25, 0.3) is 0 Å². The highest BCUT2D eigenvalue weighted by Gasteiger charge is 2.08. The molecule has 0 saturated carbocycles. The van der Waals surface area contributed by atoms with Gasteiger partial charge < -0.3 is 9.15 Å². The fourth-order valence-corrected chi connectivity index (χ4v) is 1.99. The van der Waals surface area contributed by atoms with Gasteiger partial charge in [-0.25, -0.2) is 4.98 Å². The fraction of sp³-hybridized carbons (Fsp3) is 0.143. The standard InChI is InChI=1S/C14H12ClN3O2/c1-19-12-4-2-10(3-5-12)13-7-16-14(20-13)9-18-8-11(15)6-17-18/h2-8H,9H2,1H3. The predicted molar refractivity (Wildman–Crippen MR) is 74.8 cm³/mol. The van der Waals surface area contributed by atoms with Crippen molar-refractivity contribution in [1.82, 2.24) is 14.8 Å². The van der Waals surface area contributed by atoms with E-state index in [1.54, 1.807) is 30.4 Å². The fourth-order valence-electron chi connectivity index (χ4n) is 1.84. The second-order valence-corrected chi connectivity index (χ2v) is 4.64. The second-order valence-electron chi connectivity index (χ2n) is 4.20. The molecule has 102 valence electrons. The summed E-state index contributed by atoms with van der Waals surface area (Å²) in [5, 5.41) is 4.67. The number of aromatic nitrogens is 3. The maximum atomic E-state index is 5.81. The number of ether oxygens (including phenoxy) is 1. The first-order valence-corrected chi connectivity index (χ1v) is 6.39. The number of hydrogen-bond acceptors (Lipinski definition) is 4. The molecule has 3 rings (SSSR count). The van der Waals surface area contributed by atoms with Crippen LogP contribution in [0.3, 0.4) is 0 Å². The van der Waals surface area contributed by atoms with E-state index in [4.69, 9.17) is 20.8 Å². The van der Waals surface area contributed by atoms with E-state index in [1.807, 2.05) is 24.3 Å². The molecule has 0 saturated heterocycles. The molecule has 0 aliphatic carbocycles. The first-order valence-electron chi connectivity index (χ1n) is 6.01. The Morgan fingerprint density at radius 2 is 2.05 bits per heavy atom. The molecule has 0 fully saturated rings. The molecule has 0 bridgehead atoms. The number of halogens is 1. The third-order valence-electron chi connectivity index (χ3n) is 2.83. The number of rotatable bonds is 4. The van der Waals surface area contributed by atoms with Crippen molar-refractivity contribution in [1.29, 1.82) is 0 Å². The maximum absolute atomic E-state index is 5.81. The summed E-state index contributed by atoms with van der Waals surface area (Å²) in [5.41, 5.74) is 0.947. The van der Waals surface area contributed by atoms with Gasteiger partial charge in [0, 0.05) is 11.8 Å². The summed E-state index contributed by atoms with van der Waals surface area (Å²) in [4.78, 5) is 4.24. The average Bonchev–Trinajstić information content (AvgIpc) is 3.09. The Kier molecular flexibility index (Phi) is 3.43. The summed E-state index contributed by atoms with van der Waals surface area (Å²) in [7, 11) is 1.64. The molecule has 2 aromatic heterocycles. The van der Waals surface area contributed by atoms with Crippen LogP contribution in [0.4, 0.5) is 0 Å². The Morgan fingerprint density at radius 3 is 2.70 bits per heavy atom. The molecule has 2 heterocycles. The van der Waals surface area contributed by atoms with E-state index in [2.05, 4.69) is 10.1 Å². The Bertz CT molecular complexity index is 703. The zero-order chi connectivity index (χ0) is 13.9. The van der Waals surface area contributed by atoms with E-state index in [0.717, 1.165) is 11.3 Å². The van der Waals surface area contributed by atoms with Gasteiger partial charge in [-0.3, -0.25) is 4.68 Å². The molecule has 3 aromatic rings. The number of nitrogens with zero attached hydrogens (tertiary/aromatic N) is 3. The molecular formula is C14H12ClN3O2. The molecule has 0 aliphatic rings. The van der Waals surface area contributed by atoms with Crippen molar-refractivity contribution in [3.63, 3.8) is 0 Å². The van der Waals surface area contributed by atoms with Crippen LogP contribution in [0.2, 0.25) is 5.02 Å². The summed E-state index contributed by atoms with van der Waals surface area (Å²) >= 11 is 5.81. The van der Waals surface area contributed by atoms with Crippen LogP contribution in [0.25, 0.3) is 11.3 Å². The molecule has 5 nitrogen and oxygen atoms in total. The molecular weight excluding hydrogens is 278 g/mol. The molecule has 1 aromatic carbocycles. The van der Waals surface area contributed by atoms with Gasteiger partial charge in [-0.1, -0.05) is 11.6 Å². The number of oxazole rings is 1. The quantitative estimate of drug-likeness (QED) is 0.740. The third-order valence-corrected chi connectivity index (χ3v) is 3.02. The van der Waals surface area contributed by atoms with Crippen molar-refractivity contribution in [2.45, 2.75) is 6.54 Å². The van der Waals surface area contributed by atoms with Crippen LogP contribution in [0, 0.1) is 0 Å². The largest absolute Gasteiger partial charge is 0.497 e. The van der Waals surface area contributed by atoms with E-state index < -0.39 is 0 Å². The summed E-state index contributed by atoms with van der Waals surface area (Å²) in [6.45, 7) is 0.447. The molecule has 0 amide bonds. The van der Waals surface area contributed by atoms with E-state index in [9.17, 15) is 0 Å². The minimum atomic E-state index is 0.447. The molecule has 20 heavy (non-hydrogen) atoms. The molecule has 0 unspecified atom stereocenters. The van der Waals surface area contributed by atoms with Crippen LogP contribution in [0.1, 0.15) is 5.89 Å². The molecule has 0 atom stereocenters. The van der Waals surface area contributed by atoms with Crippen LogP contribution in [0.5, 0.6) is 5.75 Å². The summed E-state index contributed by atoms with van der Waals surface area (Å²) in [6, 6.07) is 7.61. The monoisotopic (exact) mass is 289 g/mol. The maximum Gasteiger partial charge on any atom is 0.216 e. The normalized spacial score (nSPS) is 10.7. The number of methoxy groups -OCH3 is 1. The van der Waals surface area contributed by atoms with Crippen molar-refractivity contribution in [2.24, 2.45) is 0 Å². The lowest BCUT2D eigenvalue weighted by molar-refractivity contribution is 0.415. The topological polar surface area (TPSA) is 53.1 Å². The first kappa shape index (κ1) is 12.7. The van der Waals surface area contributed by atoms with Gasteiger partial charge >= 0.3 is 0 Å². The highest BCUT2D eigenvalue weighted by Crippen LogP contribution is 2.23. The Morgan fingerprint density at radius 1 is 1.25 bits per heavy atom. The number of benzene rings is 1. The van der Waals surface area contributed by atoms with Crippen molar-refractivity contribution in [3.8, 4) is 17.1 Å². The molecule has 6 heteroatoms. The van der Waals surface area contributed by atoms with Crippen LogP contribution in [-0.4, -0.2) is 21.9 Å². The van der Waals surface area contributed by atoms with Crippen LogP contribution in [0.15, 0.2) is 47.3 Å². The lowest BCUT2D eigenvalue weighted by Gasteiger charge is -2.00. The zero-order valence-electron chi connectivity index (χ0n) is 10.8. The summed E-state index contributed by atoms with van der Waals surface area (Å²) < 4.78 is 12.5. The van der Waals surface area contributed by atoms with Crippen molar-refractivity contribution in [3.05, 3.63) is 53.8 Å². The lowest BCUT2D eigenvalue weighted by atomic mass is 10.2. The van der Waals surface area contributed by atoms with Crippen LogP contribution >= 0.6 is 11.6 Å². The van der Waals surface area contributed by atoms with Gasteiger partial charge in [0.1, 0.15) is 12.3 Å². The minimum absolute atomic E-state index is 0.447. The Labute approximate surface area is 120 Å². The first-order chi connectivity index (χ1) is 9.74. The SMILES string of the molecule is COc1ccc(-c2cnc(Cn3cc(Cl)cn3)o2)cc1. The predicted octanol–water partition coefficient (Wildman–Crippen LogP) is 3.25. The molecule has 0 N–H and O–H groups in total. The number of hydrogen-bond donors (Lipinski definition) is 0. The van der Waals surface area contributed by atoms with Crippen molar-refractivity contribution in [2.75, 3.05) is 7.11 Å². The highest BCUT2D eigenvalue weighted by atomic mass is 35.5. The smallest absolute Gasteiger partial charge is 0.216 e. The average molecular weight is 290 g/mol. The zero-order valence-corrected chi connectivity index (χ0v) is 11.5. The van der Waals surface area contributed by atoms with Gasteiger partial charge in [0.2, 0.25) is 5.89 Å². The van der Waals surface area contributed by atoms with Gasteiger partial charge in [-0.2, -0.15) is 5.10 Å². The van der Waals surface area contributed by atoms with Crippen LogP contribution < -0.4 is 4.74 Å².